The summed E-state index contributed by atoms with van der Waals surface area (Å²) in [7, 11) is 3.43. The Labute approximate surface area is 129 Å². The Morgan fingerprint density at radius 3 is 2.90 bits per heavy atom. The molecule has 1 amide bonds. The zero-order valence-electron chi connectivity index (χ0n) is 12.6. The summed E-state index contributed by atoms with van der Waals surface area (Å²) in [6.07, 6.45) is 2.07. The molecule has 0 aromatic heterocycles. The van der Waals surface area contributed by atoms with E-state index in [0.29, 0.717) is 19.5 Å². The van der Waals surface area contributed by atoms with Crippen molar-refractivity contribution in [2.75, 3.05) is 27.0 Å². The largest absolute Gasteiger partial charge is 0.496 e. The van der Waals surface area contributed by atoms with Crippen LogP contribution in [0.25, 0.3) is 0 Å². The van der Waals surface area contributed by atoms with Gasteiger partial charge >= 0.3 is 0 Å². The fourth-order valence-corrected chi connectivity index (χ4v) is 3.05. The second-order valence-corrected chi connectivity index (χ2v) is 6.08. The van der Waals surface area contributed by atoms with E-state index in [1.165, 1.54) is 0 Å². The molecular formula is C15H22N2O3S. The van der Waals surface area contributed by atoms with Gasteiger partial charge in [-0.05, 0) is 30.4 Å². The highest BCUT2D eigenvalue weighted by Gasteiger charge is 2.30. The lowest BCUT2D eigenvalue weighted by Crippen LogP contribution is -2.41. The summed E-state index contributed by atoms with van der Waals surface area (Å²) >= 11 is 1.63. The Kier molecular flexibility index (Phi) is 5.50. The van der Waals surface area contributed by atoms with Crippen LogP contribution in [0.15, 0.2) is 23.1 Å². The molecule has 0 spiro atoms. The van der Waals surface area contributed by atoms with Gasteiger partial charge in [-0.2, -0.15) is 0 Å². The minimum absolute atomic E-state index is 0.0134. The van der Waals surface area contributed by atoms with E-state index < -0.39 is 6.10 Å². The summed E-state index contributed by atoms with van der Waals surface area (Å²) in [5.41, 5.74) is 1.03. The Morgan fingerprint density at radius 1 is 1.57 bits per heavy atom. The van der Waals surface area contributed by atoms with Gasteiger partial charge in [0.15, 0.2) is 0 Å². The first-order chi connectivity index (χ1) is 10.0. The van der Waals surface area contributed by atoms with E-state index in [2.05, 4.69) is 5.32 Å². The molecule has 1 aliphatic heterocycles. The molecule has 2 atom stereocenters. The van der Waals surface area contributed by atoms with Crippen molar-refractivity contribution in [2.45, 2.75) is 30.0 Å². The van der Waals surface area contributed by atoms with Gasteiger partial charge in [-0.25, -0.2) is 0 Å². The van der Waals surface area contributed by atoms with Crippen molar-refractivity contribution in [1.82, 2.24) is 10.2 Å². The molecule has 1 heterocycles. The zero-order chi connectivity index (χ0) is 15.4. The van der Waals surface area contributed by atoms with Crippen LogP contribution in [0.1, 0.15) is 12.0 Å². The van der Waals surface area contributed by atoms with Crippen LogP contribution in [0, 0.1) is 0 Å². The number of rotatable bonds is 5. The normalized spacial score (nSPS) is 21.3. The summed E-state index contributed by atoms with van der Waals surface area (Å²) in [4.78, 5) is 15.1. The third-order valence-corrected chi connectivity index (χ3v) is 4.43. The summed E-state index contributed by atoms with van der Waals surface area (Å²) < 4.78 is 5.36. The molecule has 1 aromatic rings. The fourth-order valence-electron chi connectivity index (χ4n) is 2.50. The number of carbonyl (C=O) groups is 1. The first kappa shape index (κ1) is 16.1. The Hall–Kier alpha value is -1.24. The van der Waals surface area contributed by atoms with E-state index in [1.807, 2.05) is 24.5 Å². The van der Waals surface area contributed by atoms with Gasteiger partial charge < -0.3 is 20.1 Å². The molecule has 0 radical (unpaired) electrons. The molecule has 1 fully saturated rings. The van der Waals surface area contributed by atoms with Crippen LogP contribution in [0.3, 0.4) is 0 Å². The number of likely N-dealkylation sites (N-methyl/N-ethyl adjacent to an activating group) is 1. The van der Waals surface area contributed by atoms with Crippen LogP contribution in [-0.2, 0) is 11.3 Å². The Bertz CT molecular complexity index is 510. The van der Waals surface area contributed by atoms with E-state index in [4.69, 9.17) is 4.74 Å². The van der Waals surface area contributed by atoms with Crippen LogP contribution in [0.4, 0.5) is 0 Å². The van der Waals surface area contributed by atoms with E-state index in [9.17, 15) is 9.90 Å². The van der Waals surface area contributed by atoms with Crippen LogP contribution in [-0.4, -0.2) is 55.0 Å². The van der Waals surface area contributed by atoms with Crippen LogP contribution >= 0.6 is 11.8 Å². The second-order valence-electron chi connectivity index (χ2n) is 5.23. The zero-order valence-corrected chi connectivity index (χ0v) is 13.4. The average molecular weight is 310 g/mol. The van der Waals surface area contributed by atoms with Gasteiger partial charge in [0.25, 0.3) is 0 Å². The first-order valence-corrected chi connectivity index (χ1v) is 8.15. The molecule has 1 saturated heterocycles. The van der Waals surface area contributed by atoms with Crippen molar-refractivity contribution in [3.05, 3.63) is 23.8 Å². The number of hydrogen-bond donors (Lipinski definition) is 2. The first-order valence-electron chi connectivity index (χ1n) is 6.92. The lowest BCUT2D eigenvalue weighted by molar-refractivity contribution is -0.132. The van der Waals surface area contributed by atoms with Gasteiger partial charge in [0.1, 0.15) is 5.75 Å². The molecule has 116 valence electrons. The number of hydrogen-bond acceptors (Lipinski definition) is 5. The number of nitrogens with one attached hydrogen (secondary N) is 1. The molecular weight excluding hydrogens is 288 g/mol. The van der Waals surface area contributed by atoms with Crippen LogP contribution in [0.2, 0.25) is 0 Å². The van der Waals surface area contributed by atoms with E-state index in [0.717, 1.165) is 16.2 Å². The van der Waals surface area contributed by atoms with Gasteiger partial charge in [-0.15, -0.1) is 11.8 Å². The van der Waals surface area contributed by atoms with E-state index in [1.54, 1.807) is 30.8 Å². The number of β-amino-alcohol motifs (C(OH)–C–C–N with tert-alkyl or cyclic N) is 1. The number of benzene rings is 1. The molecule has 1 aliphatic rings. The quantitative estimate of drug-likeness (QED) is 0.798. The monoisotopic (exact) mass is 310 g/mol. The number of aliphatic hydroxyl groups excluding tert-OH is 1. The molecule has 0 bridgehead atoms. The maximum absolute atomic E-state index is 12.3. The van der Waals surface area contributed by atoms with Crippen molar-refractivity contribution in [2.24, 2.45) is 0 Å². The summed E-state index contributed by atoms with van der Waals surface area (Å²) in [6, 6.07) is 5.70. The highest BCUT2D eigenvalue weighted by molar-refractivity contribution is 7.98. The lowest BCUT2D eigenvalue weighted by Gasteiger charge is -2.21. The number of amides is 1. The van der Waals surface area contributed by atoms with Crippen molar-refractivity contribution >= 4 is 17.7 Å². The molecule has 1 aromatic carbocycles. The topological polar surface area (TPSA) is 61.8 Å². The average Bonchev–Trinajstić information content (AvgIpc) is 2.92. The highest BCUT2D eigenvalue weighted by atomic mass is 32.2. The van der Waals surface area contributed by atoms with Gasteiger partial charge in [-0.3, -0.25) is 4.79 Å². The van der Waals surface area contributed by atoms with Gasteiger partial charge in [0, 0.05) is 25.0 Å². The smallest absolute Gasteiger partial charge is 0.239 e. The van der Waals surface area contributed by atoms with Crippen molar-refractivity contribution in [3.63, 3.8) is 0 Å². The van der Waals surface area contributed by atoms with Crippen molar-refractivity contribution in [1.29, 1.82) is 0 Å². The Morgan fingerprint density at radius 2 is 2.33 bits per heavy atom. The summed E-state index contributed by atoms with van der Waals surface area (Å²) in [5, 5.41) is 12.5. The molecule has 0 saturated carbocycles. The van der Waals surface area contributed by atoms with Crippen molar-refractivity contribution < 1.29 is 14.6 Å². The molecule has 0 aliphatic carbocycles. The SMILES string of the molecule is COc1cc(CN(C)C(=O)C2CC(O)CN2)ccc1SC. The maximum atomic E-state index is 12.3. The second kappa shape index (κ2) is 7.15. The highest BCUT2D eigenvalue weighted by Crippen LogP contribution is 2.28. The van der Waals surface area contributed by atoms with Gasteiger partial charge in [-0.1, -0.05) is 6.07 Å². The van der Waals surface area contributed by atoms with Gasteiger partial charge in [0.2, 0.25) is 5.91 Å². The number of aliphatic hydroxyl groups is 1. The van der Waals surface area contributed by atoms with E-state index in [-0.39, 0.29) is 11.9 Å². The maximum Gasteiger partial charge on any atom is 0.239 e. The molecule has 5 nitrogen and oxygen atoms in total. The number of nitrogens with zero attached hydrogens (tertiary/aromatic N) is 1. The molecule has 6 heteroatoms. The minimum Gasteiger partial charge on any atom is -0.496 e. The van der Waals surface area contributed by atoms with Crippen LogP contribution < -0.4 is 10.1 Å². The summed E-state index contributed by atoms with van der Waals surface area (Å²) in [5.74, 6) is 0.842. The number of methoxy groups -OCH3 is 1. The van der Waals surface area contributed by atoms with Crippen molar-refractivity contribution in [3.8, 4) is 5.75 Å². The molecule has 2 unspecified atom stereocenters. The number of thioether (sulfide) groups is 1. The molecule has 2 N–H and O–H groups in total. The van der Waals surface area contributed by atoms with Crippen LogP contribution in [0.5, 0.6) is 5.75 Å². The minimum atomic E-state index is -0.423. The predicted octanol–water partition coefficient (Wildman–Crippen LogP) is 1.10. The summed E-state index contributed by atoms with van der Waals surface area (Å²) in [6.45, 7) is 1.01. The van der Waals surface area contributed by atoms with Gasteiger partial charge in [0.05, 0.1) is 19.3 Å². The third kappa shape index (κ3) is 3.90. The predicted molar refractivity (Wildman–Crippen MR) is 83.7 cm³/mol. The van der Waals surface area contributed by atoms with E-state index >= 15 is 0 Å². The number of ether oxygens (including phenoxy) is 1. The third-order valence-electron chi connectivity index (χ3n) is 3.65. The molecule has 2 rings (SSSR count). The Balaban J connectivity index is 2.02. The number of carbonyl (C=O) groups excluding carboxylic acids is 1. The lowest BCUT2D eigenvalue weighted by atomic mass is 10.1. The fraction of sp³-hybridized carbons (Fsp3) is 0.533. The molecule has 21 heavy (non-hydrogen) atoms. The standard InChI is InChI=1S/C15H22N2O3S/c1-17(15(19)12-7-11(18)8-16-12)9-10-4-5-14(21-3)13(6-10)20-2/h4-6,11-12,16,18H,7-9H2,1-3H3.